The Kier molecular flexibility index (Phi) is 55.9. The summed E-state index contributed by atoms with van der Waals surface area (Å²) in [4.78, 5) is 38.0. The van der Waals surface area contributed by atoms with Crippen LogP contribution < -0.4 is 0 Å². The van der Waals surface area contributed by atoms with Gasteiger partial charge in [0.15, 0.2) is 6.10 Å². The van der Waals surface area contributed by atoms with E-state index in [2.05, 4.69) is 130 Å². The summed E-state index contributed by atoms with van der Waals surface area (Å²) in [5.74, 6) is -1.01. The highest BCUT2D eigenvalue weighted by Crippen LogP contribution is 2.15. The Morgan fingerprint density at radius 1 is 0.292 bits per heavy atom. The lowest BCUT2D eigenvalue weighted by Gasteiger charge is -2.18. The molecule has 1 unspecified atom stereocenters. The summed E-state index contributed by atoms with van der Waals surface area (Å²) in [5, 5.41) is 0. The second-order valence-corrected chi connectivity index (χ2v) is 19.1. The van der Waals surface area contributed by atoms with E-state index in [0.717, 1.165) is 109 Å². The fourth-order valence-corrected chi connectivity index (χ4v) is 7.83. The first-order valence-electron chi connectivity index (χ1n) is 29.5. The third-order valence-electron chi connectivity index (χ3n) is 12.2. The van der Waals surface area contributed by atoms with Gasteiger partial charge in [-0.25, -0.2) is 0 Å². The molecule has 6 nitrogen and oxygen atoms in total. The molecule has 72 heavy (non-hydrogen) atoms. The second kappa shape index (κ2) is 59.4. The molecular formula is C66H108O6. The number of carbonyl (C=O) groups excluding carboxylic acids is 3. The van der Waals surface area contributed by atoms with Crippen molar-refractivity contribution in [3.63, 3.8) is 0 Å². The van der Waals surface area contributed by atoms with Gasteiger partial charge in [0.1, 0.15) is 13.2 Å². The fraction of sp³-hybridized carbons (Fsp3) is 0.652. The number of carbonyl (C=O) groups is 3. The largest absolute Gasteiger partial charge is 0.462 e. The highest BCUT2D eigenvalue weighted by molar-refractivity contribution is 5.71. The van der Waals surface area contributed by atoms with Crippen molar-refractivity contribution < 1.29 is 28.6 Å². The summed E-state index contributed by atoms with van der Waals surface area (Å²) in [6.45, 7) is 6.31. The molecule has 408 valence electrons. The number of unbranched alkanes of at least 4 members (excludes halogenated alkanes) is 21. The van der Waals surface area contributed by atoms with Gasteiger partial charge in [-0.15, -0.1) is 0 Å². The van der Waals surface area contributed by atoms with E-state index in [1.807, 2.05) is 12.2 Å². The van der Waals surface area contributed by atoms with E-state index in [1.165, 1.54) is 103 Å². The number of hydrogen-bond acceptors (Lipinski definition) is 6. The monoisotopic (exact) mass is 997 g/mol. The normalized spacial score (nSPS) is 13.0. The van der Waals surface area contributed by atoms with Crippen molar-refractivity contribution in [2.75, 3.05) is 13.2 Å². The van der Waals surface area contributed by atoms with Gasteiger partial charge in [-0.2, -0.15) is 0 Å². The van der Waals surface area contributed by atoms with Crippen molar-refractivity contribution >= 4 is 17.9 Å². The number of ether oxygens (including phenoxy) is 3. The van der Waals surface area contributed by atoms with Gasteiger partial charge in [0.2, 0.25) is 0 Å². The lowest BCUT2D eigenvalue weighted by molar-refractivity contribution is -0.166. The van der Waals surface area contributed by atoms with Gasteiger partial charge < -0.3 is 14.2 Å². The summed E-state index contributed by atoms with van der Waals surface area (Å²) in [7, 11) is 0. The van der Waals surface area contributed by atoms with Crippen LogP contribution in [0.3, 0.4) is 0 Å². The van der Waals surface area contributed by atoms with E-state index in [0.29, 0.717) is 19.3 Å². The maximum atomic E-state index is 12.8. The third kappa shape index (κ3) is 56.7. The standard InChI is InChI=1S/C66H108O6/c1-4-7-10-13-16-19-22-25-26-27-28-29-30-31-32-33-34-35-36-37-38-39-40-42-44-47-50-53-56-59-65(68)71-62-63(61-70-64(67)58-55-52-49-46-43-24-21-18-15-12-9-6-3)72-66(69)60-57-54-51-48-45-41-23-20-17-14-11-8-5-2/h7-8,10-11,16-21,25-26,28-29,31-32,41,45,51,54,63H,4-6,9,12-15,22-24,27,30,33-40,42-44,46-50,52-53,55-62H2,1-3H3/b10-7-,11-8-,19-16-,20-17-,21-18-,26-25-,29-28-,32-31-,45-41-,54-51-. The Bertz CT molecular complexity index is 1520. The summed E-state index contributed by atoms with van der Waals surface area (Å²) in [6, 6.07) is 0. The van der Waals surface area contributed by atoms with Crippen LogP contribution in [0.1, 0.15) is 258 Å². The lowest BCUT2D eigenvalue weighted by atomic mass is 10.0. The molecule has 1 atom stereocenters. The molecule has 0 aliphatic rings. The van der Waals surface area contributed by atoms with E-state index in [4.69, 9.17) is 14.2 Å². The lowest BCUT2D eigenvalue weighted by Crippen LogP contribution is -2.30. The molecule has 0 fully saturated rings. The van der Waals surface area contributed by atoms with Crippen molar-refractivity contribution in [2.45, 2.75) is 264 Å². The molecule has 0 aliphatic heterocycles. The van der Waals surface area contributed by atoms with Gasteiger partial charge in [-0.1, -0.05) is 245 Å². The minimum atomic E-state index is -0.821. The molecule has 0 saturated heterocycles. The van der Waals surface area contributed by atoms with Crippen LogP contribution in [0.25, 0.3) is 0 Å². The van der Waals surface area contributed by atoms with E-state index in [9.17, 15) is 14.4 Å². The second-order valence-electron chi connectivity index (χ2n) is 19.1. The summed E-state index contributed by atoms with van der Waals surface area (Å²) < 4.78 is 16.8. The molecule has 0 radical (unpaired) electrons. The molecule has 0 amide bonds. The molecule has 0 aliphatic carbocycles. The van der Waals surface area contributed by atoms with Crippen LogP contribution in [-0.2, 0) is 28.6 Å². The minimum absolute atomic E-state index is 0.111. The van der Waals surface area contributed by atoms with Crippen molar-refractivity contribution in [2.24, 2.45) is 0 Å². The van der Waals surface area contributed by atoms with Crippen LogP contribution >= 0.6 is 0 Å². The van der Waals surface area contributed by atoms with Crippen LogP contribution in [0.4, 0.5) is 0 Å². The van der Waals surface area contributed by atoms with Gasteiger partial charge >= 0.3 is 17.9 Å². The Hall–Kier alpha value is -4.19. The van der Waals surface area contributed by atoms with Gasteiger partial charge in [0.05, 0.1) is 0 Å². The molecule has 0 rings (SSSR count). The zero-order chi connectivity index (χ0) is 52.2. The maximum Gasteiger partial charge on any atom is 0.306 e. The fourth-order valence-electron chi connectivity index (χ4n) is 7.83. The number of esters is 3. The highest BCUT2D eigenvalue weighted by atomic mass is 16.6. The highest BCUT2D eigenvalue weighted by Gasteiger charge is 2.19. The molecule has 0 aromatic rings. The van der Waals surface area contributed by atoms with E-state index in [1.54, 1.807) is 0 Å². The van der Waals surface area contributed by atoms with Crippen molar-refractivity contribution in [3.05, 3.63) is 122 Å². The Balaban J connectivity index is 4.26. The Morgan fingerprint density at radius 2 is 0.569 bits per heavy atom. The average Bonchev–Trinajstić information content (AvgIpc) is 3.38. The molecule has 0 heterocycles. The molecule has 6 heteroatoms. The summed E-state index contributed by atoms with van der Waals surface area (Å²) >= 11 is 0. The smallest absolute Gasteiger partial charge is 0.306 e. The summed E-state index contributed by atoms with van der Waals surface area (Å²) in [6.07, 6.45) is 82.2. The number of allylic oxidation sites excluding steroid dienone is 20. The predicted molar refractivity (Wildman–Crippen MR) is 311 cm³/mol. The first-order valence-corrected chi connectivity index (χ1v) is 29.5. The zero-order valence-corrected chi connectivity index (χ0v) is 46.7. The molecule has 0 aromatic carbocycles. The third-order valence-corrected chi connectivity index (χ3v) is 12.2. The van der Waals surface area contributed by atoms with Crippen LogP contribution in [0.15, 0.2) is 122 Å². The summed E-state index contributed by atoms with van der Waals surface area (Å²) in [5.41, 5.74) is 0. The average molecular weight is 998 g/mol. The first kappa shape index (κ1) is 67.8. The quantitative estimate of drug-likeness (QED) is 0.0261. The molecule has 0 spiro atoms. The van der Waals surface area contributed by atoms with Gasteiger partial charge in [-0.05, 0) is 116 Å². The van der Waals surface area contributed by atoms with Gasteiger partial charge in [-0.3, -0.25) is 14.4 Å². The molecule has 0 bridgehead atoms. The van der Waals surface area contributed by atoms with E-state index < -0.39 is 12.1 Å². The Labute approximate surface area is 443 Å². The minimum Gasteiger partial charge on any atom is -0.462 e. The topological polar surface area (TPSA) is 78.9 Å². The molecule has 0 saturated carbocycles. The van der Waals surface area contributed by atoms with Crippen LogP contribution in [-0.4, -0.2) is 37.2 Å². The predicted octanol–water partition coefficient (Wildman–Crippen LogP) is 20.0. The zero-order valence-electron chi connectivity index (χ0n) is 46.7. The number of hydrogen-bond donors (Lipinski definition) is 0. The molecule has 0 N–H and O–H groups in total. The molecule has 0 aromatic heterocycles. The maximum absolute atomic E-state index is 12.8. The van der Waals surface area contributed by atoms with E-state index in [-0.39, 0.29) is 31.6 Å². The van der Waals surface area contributed by atoms with Crippen molar-refractivity contribution in [1.29, 1.82) is 0 Å². The number of rotatable bonds is 52. The SMILES string of the molecule is CC/C=C\C/C=C\C/C=C\C/C=C\C/C=C\CCCCCCCCCCCCCCCC(=O)OCC(COC(=O)CCCCCCC/C=C\CCCCC)OC(=O)CC/C=C\C/C=C\C/C=C\C/C=C\CC. The van der Waals surface area contributed by atoms with Crippen molar-refractivity contribution in [3.8, 4) is 0 Å². The van der Waals surface area contributed by atoms with Crippen LogP contribution in [0.5, 0.6) is 0 Å². The van der Waals surface area contributed by atoms with Crippen LogP contribution in [0.2, 0.25) is 0 Å². The van der Waals surface area contributed by atoms with E-state index >= 15 is 0 Å². The van der Waals surface area contributed by atoms with Gasteiger partial charge in [0.25, 0.3) is 0 Å². The molecular weight excluding hydrogens is 889 g/mol. The van der Waals surface area contributed by atoms with Crippen molar-refractivity contribution in [1.82, 2.24) is 0 Å². The van der Waals surface area contributed by atoms with Crippen LogP contribution in [0, 0.1) is 0 Å². The Morgan fingerprint density at radius 3 is 0.917 bits per heavy atom. The van der Waals surface area contributed by atoms with Gasteiger partial charge in [0, 0.05) is 19.3 Å². The first-order chi connectivity index (χ1) is 35.5.